The van der Waals surface area contributed by atoms with Gasteiger partial charge in [-0.25, -0.2) is 4.39 Å². The average Bonchev–Trinajstić information content (AvgIpc) is 2.29. The van der Waals surface area contributed by atoms with Crippen molar-refractivity contribution in [1.82, 2.24) is 5.32 Å². The smallest absolute Gasteiger partial charge is 0.126 e. The van der Waals surface area contributed by atoms with E-state index >= 15 is 0 Å². The van der Waals surface area contributed by atoms with E-state index < -0.39 is 0 Å². The normalized spacial score (nSPS) is 12.1. The zero-order valence-electron chi connectivity index (χ0n) is 9.76. The van der Waals surface area contributed by atoms with E-state index in [9.17, 15) is 4.39 Å². The maximum absolute atomic E-state index is 13.1. The first-order chi connectivity index (χ1) is 7.69. The largest absolute Gasteiger partial charge is 0.298 e. The second kappa shape index (κ2) is 6.24. The van der Waals surface area contributed by atoms with Crippen molar-refractivity contribution in [3.63, 3.8) is 0 Å². The minimum Gasteiger partial charge on any atom is -0.298 e. The van der Waals surface area contributed by atoms with E-state index in [0.29, 0.717) is 5.56 Å². The number of hydrogen-bond acceptors (Lipinski definition) is 2. The molecule has 2 nitrogen and oxygen atoms in total. The monoisotopic (exact) mass is 220 g/mol. The van der Waals surface area contributed by atoms with E-state index in [2.05, 4.69) is 18.3 Å². The number of unbranched alkanes of at least 4 members (excludes halogenated alkanes) is 1. The Hall–Kier alpha value is -1.40. The summed E-state index contributed by atoms with van der Waals surface area (Å²) in [5, 5.41) is 12.2. The second-order valence-electron chi connectivity index (χ2n) is 3.88. The molecule has 0 fully saturated rings. The fourth-order valence-electron chi connectivity index (χ4n) is 1.51. The lowest BCUT2D eigenvalue weighted by Gasteiger charge is -2.12. The summed E-state index contributed by atoms with van der Waals surface area (Å²) in [6, 6.07) is 6.65. The number of nitrogens with one attached hydrogen (secondary N) is 1. The standard InChI is InChI=1S/C13H17FN2/c1-3-4-7-16-13(9-15)11-5-6-12(14)10(2)8-11/h5-6,8,13,16H,3-4,7H2,1-2H3. The quantitative estimate of drug-likeness (QED) is 0.774. The van der Waals surface area contributed by atoms with E-state index in [1.165, 1.54) is 6.07 Å². The van der Waals surface area contributed by atoms with Crippen LogP contribution >= 0.6 is 0 Å². The van der Waals surface area contributed by atoms with Gasteiger partial charge >= 0.3 is 0 Å². The van der Waals surface area contributed by atoms with Crippen LogP contribution in [0.5, 0.6) is 0 Å². The molecule has 16 heavy (non-hydrogen) atoms. The Morgan fingerprint density at radius 2 is 2.25 bits per heavy atom. The van der Waals surface area contributed by atoms with Crippen LogP contribution in [0.3, 0.4) is 0 Å². The van der Waals surface area contributed by atoms with E-state index in [-0.39, 0.29) is 11.9 Å². The van der Waals surface area contributed by atoms with Gasteiger partial charge in [0.2, 0.25) is 0 Å². The van der Waals surface area contributed by atoms with Crippen LogP contribution in [0, 0.1) is 24.1 Å². The number of aryl methyl sites for hydroxylation is 1. The molecular weight excluding hydrogens is 203 g/mol. The molecule has 0 heterocycles. The summed E-state index contributed by atoms with van der Waals surface area (Å²) >= 11 is 0. The molecule has 0 saturated carbocycles. The first-order valence-corrected chi connectivity index (χ1v) is 5.58. The van der Waals surface area contributed by atoms with E-state index in [0.717, 1.165) is 24.9 Å². The SMILES string of the molecule is CCCCNC(C#N)c1ccc(F)c(C)c1. The molecule has 1 unspecified atom stereocenters. The molecule has 0 aliphatic carbocycles. The van der Waals surface area contributed by atoms with Gasteiger partial charge in [-0.2, -0.15) is 5.26 Å². The van der Waals surface area contributed by atoms with Crippen LogP contribution in [0.25, 0.3) is 0 Å². The highest BCUT2D eigenvalue weighted by Gasteiger charge is 2.10. The Morgan fingerprint density at radius 1 is 1.50 bits per heavy atom. The summed E-state index contributed by atoms with van der Waals surface area (Å²) < 4.78 is 13.1. The molecule has 0 bridgehead atoms. The molecule has 1 aromatic carbocycles. The lowest BCUT2D eigenvalue weighted by molar-refractivity contribution is 0.591. The zero-order valence-corrected chi connectivity index (χ0v) is 9.76. The van der Waals surface area contributed by atoms with Crippen molar-refractivity contribution in [3.8, 4) is 6.07 Å². The van der Waals surface area contributed by atoms with Gasteiger partial charge in [0.25, 0.3) is 0 Å². The molecule has 0 aromatic heterocycles. The van der Waals surface area contributed by atoms with Gasteiger partial charge in [0.1, 0.15) is 11.9 Å². The van der Waals surface area contributed by atoms with Crippen molar-refractivity contribution in [1.29, 1.82) is 5.26 Å². The van der Waals surface area contributed by atoms with Crippen LogP contribution < -0.4 is 5.32 Å². The van der Waals surface area contributed by atoms with Crippen molar-refractivity contribution in [2.45, 2.75) is 32.7 Å². The molecule has 0 saturated heterocycles. The maximum atomic E-state index is 13.1. The summed E-state index contributed by atoms with van der Waals surface area (Å²) in [4.78, 5) is 0. The fourth-order valence-corrected chi connectivity index (χ4v) is 1.51. The third-order valence-corrected chi connectivity index (χ3v) is 2.52. The molecule has 1 N–H and O–H groups in total. The van der Waals surface area contributed by atoms with E-state index in [4.69, 9.17) is 5.26 Å². The third-order valence-electron chi connectivity index (χ3n) is 2.52. The molecule has 0 amide bonds. The van der Waals surface area contributed by atoms with Gasteiger partial charge in [-0.3, -0.25) is 5.32 Å². The minimum atomic E-state index is -0.342. The number of nitrogens with zero attached hydrogens (tertiary/aromatic N) is 1. The Bertz CT molecular complexity index is 382. The Morgan fingerprint density at radius 3 is 2.81 bits per heavy atom. The van der Waals surface area contributed by atoms with E-state index in [1.54, 1.807) is 19.1 Å². The highest BCUT2D eigenvalue weighted by Crippen LogP contribution is 2.16. The molecule has 3 heteroatoms. The molecule has 86 valence electrons. The van der Waals surface area contributed by atoms with Crippen LogP contribution in [0.1, 0.15) is 36.9 Å². The summed E-state index contributed by atoms with van der Waals surface area (Å²) in [6.07, 6.45) is 2.13. The number of nitriles is 1. The highest BCUT2D eigenvalue weighted by molar-refractivity contribution is 5.29. The Kier molecular flexibility index (Phi) is 4.94. The predicted molar refractivity (Wildman–Crippen MR) is 62.4 cm³/mol. The van der Waals surface area contributed by atoms with Crippen LogP contribution in [-0.2, 0) is 0 Å². The van der Waals surface area contributed by atoms with Gasteiger partial charge in [0.05, 0.1) is 6.07 Å². The van der Waals surface area contributed by atoms with Crippen molar-refractivity contribution in [3.05, 3.63) is 35.1 Å². The lowest BCUT2D eigenvalue weighted by Crippen LogP contribution is -2.21. The molecule has 0 aliphatic rings. The Labute approximate surface area is 96.1 Å². The summed E-state index contributed by atoms with van der Waals surface area (Å²) in [5.41, 5.74) is 1.41. The van der Waals surface area contributed by atoms with Gasteiger partial charge in [0.15, 0.2) is 0 Å². The van der Waals surface area contributed by atoms with Crippen LogP contribution in [0.15, 0.2) is 18.2 Å². The summed E-state index contributed by atoms with van der Waals surface area (Å²) in [6.45, 7) is 4.62. The maximum Gasteiger partial charge on any atom is 0.126 e. The van der Waals surface area contributed by atoms with Crippen molar-refractivity contribution < 1.29 is 4.39 Å². The number of rotatable bonds is 5. The number of benzene rings is 1. The fraction of sp³-hybridized carbons (Fsp3) is 0.462. The molecule has 1 aromatic rings. The molecule has 0 aliphatic heterocycles. The Balaban J connectivity index is 2.72. The molecule has 0 radical (unpaired) electrons. The van der Waals surface area contributed by atoms with E-state index in [1.807, 2.05) is 0 Å². The van der Waals surface area contributed by atoms with Crippen molar-refractivity contribution >= 4 is 0 Å². The predicted octanol–water partition coefficient (Wildman–Crippen LogP) is 3.09. The summed E-state index contributed by atoms with van der Waals surface area (Å²) in [7, 11) is 0. The van der Waals surface area contributed by atoms with Crippen LogP contribution in [0.2, 0.25) is 0 Å². The number of hydrogen-bond donors (Lipinski definition) is 1. The van der Waals surface area contributed by atoms with Gasteiger partial charge in [-0.15, -0.1) is 0 Å². The molecular formula is C13H17FN2. The topological polar surface area (TPSA) is 35.8 Å². The first kappa shape index (κ1) is 12.7. The van der Waals surface area contributed by atoms with Crippen molar-refractivity contribution in [2.75, 3.05) is 6.54 Å². The minimum absolute atomic E-state index is 0.228. The second-order valence-corrected chi connectivity index (χ2v) is 3.88. The molecule has 1 atom stereocenters. The molecule has 0 spiro atoms. The van der Waals surface area contributed by atoms with Gasteiger partial charge in [0, 0.05) is 0 Å². The zero-order chi connectivity index (χ0) is 12.0. The van der Waals surface area contributed by atoms with Crippen LogP contribution in [0.4, 0.5) is 4.39 Å². The number of halogens is 1. The van der Waals surface area contributed by atoms with Gasteiger partial charge < -0.3 is 0 Å². The van der Waals surface area contributed by atoms with Gasteiger partial charge in [-0.05, 0) is 37.1 Å². The van der Waals surface area contributed by atoms with Crippen molar-refractivity contribution in [2.24, 2.45) is 0 Å². The first-order valence-electron chi connectivity index (χ1n) is 5.58. The van der Waals surface area contributed by atoms with Crippen LogP contribution in [-0.4, -0.2) is 6.54 Å². The molecule has 1 rings (SSSR count). The average molecular weight is 220 g/mol. The summed E-state index contributed by atoms with van der Waals surface area (Å²) in [5.74, 6) is -0.228. The highest BCUT2D eigenvalue weighted by atomic mass is 19.1. The van der Waals surface area contributed by atoms with Gasteiger partial charge in [-0.1, -0.05) is 25.5 Å². The lowest BCUT2D eigenvalue weighted by atomic mass is 10.0. The third kappa shape index (κ3) is 3.32.